The van der Waals surface area contributed by atoms with E-state index in [1.807, 2.05) is 22.9 Å². The first-order valence-corrected chi connectivity index (χ1v) is 7.74. The maximum atomic E-state index is 11.9. The molecule has 0 aliphatic rings. The molecule has 2 rings (SSSR count). The van der Waals surface area contributed by atoms with E-state index in [9.17, 15) is 4.21 Å². The Morgan fingerprint density at radius 3 is 2.89 bits per heavy atom. The summed E-state index contributed by atoms with van der Waals surface area (Å²) in [6, 6.07) is 8.10. The smallest absolute Gasteiger partial charge is 0.0828 e. The Morgan fingerprint density at radius 2 is 2.17 bits per heavy atom. The zero-order valence-corrected chi connectivity index (χ0v) is 11.4. The second-order valence-electron chi connectivity index (χ2n) is 4.21. The molecule has 18 heavy (non-hydrogen) atoms. The first kappa shape index (κ1) is 13.2. The van der Waals surface area contributed by atoms with Crippen molar-refractivity contribution in [1.82, 2.24) is 9.78 Å². The minimum atomic E-state index is -0.871. The number of aromatic nitrogens is 2. The Labute approximate surface area is 110 Å². The van der Waals surface area contributed by atoms with Gasteiger partial charge in [0.05, 0.1) is 17.0 Å². The van der Waals surface area contributed by atoms with Gasteiger partial charge in [-0.2, -0.15) is 5.10 Å². The first-order chi connectivity index (χ1) is 8.76. The molecule has 5 heteroatoms. The van der Waals surface area contributed by atoms with E-state index in [4.69, 9.17) is 5.73 Å². The molecule has 0 fully saturated rings. The van der Waals surface area contributed by atoms with Gasteiger partial charge < -0.3 is 5.73 Å². The lowest BCUT2D eigenvalue weighted by Crippen LogP contribution is -2.08. The molecular weight excluding hydrogens is 246 g/mol. The zero-order chi connectivity index (χ0) is 13.0. The summed E-state index contributed by atoms with van der Waals surface area (Å²) in [6.07, 6.45) is 0.805. The van der Waals surface area contributed by atoms with Crippen molar-refractivity contribution < 1.29 is 4.21 Å². The molecular formula is C13H19N3OS. The average Bonchev–Trinajstić information content (AvgIpc) is 2.75. The molecule has 0 radical (unpaired) electrons. The van der Waals surface area contributed by atoms with Crippen LogP contribution in [-0.4, -0.2) is 26.3 Å². The highest BCUT2D eigenvalue weighted by atomic mass is 32.2. The maximum Gasteiger partial charge on any atom is 0.0828 e. The first-order valence-electron chi connectivity index (χ1n) is 6.25. The number of nitrogens with zero attached hydrogens (tertiary/aromatic N) is 2. The van der Waals surface area contributed by atoms with E-state index in [0.29, 0.717) is 18.1 Å². The van der Waals surface area contributed by atoms with Gasteiger partial charge in [0.1, 0.15) is 0 Å². The Hall–Kier alpha value is -1.20. The van der Waals surface area contributed by atoms with Crippen molar-refractivity contribution in [3.05, 3.63) is 30.0 Å². The van der Waals surface area contributed by atoms with Crippen molar-refractivity contribution in [3.8, 4) is 0 Å². The van der Waals surface area contributed by atoms with Gasteiger partial charge in [-0.25, -0.2) is 0 Å². The summed E-state index contributed by atoms with van der Waals surface area (Å²) in [7, 11) is -0.871. The number of para-hydroxylation sites is 1. The molecule has 0 spiro atoms. The van der Waals surface area contributed by atoms with E-state index in [-0.39, 0.29) is 0 Å². The number of hydrogen-bond donors (Lipinski definition) is 1. The fraction of sp³-hybridized carbons (Fsp3) is 0.462. The van der Waals surface area contributed by atoms with E-state index in [2.05, 4.69) is 18.1 Å². The van der Waals surface area contributed by atoms with Crippen LogP contribution < -0.4 is 5.73 Å². The number of fused-ring (bicyclic) bond motifs is 1. The van der Waals surface area contributed by atoms with Crippen molar-refractivity contribution in [2.75, 3.05) is 12.3 Å². The molecule has 0 saturated carbocycles. The molecule has 0 aliphatic heterocycles. The van der Waals surface area contributed by atoms with Crippen LogP contribution in [-0.2, 0) is 23.1 Å². The third kappa shape index (κ3) is 2.79. The molecule has 1 atom stereocenters. The minimum absolute atomic E-state index is 0.521. The van der Waals surface area contributed by atoms with E-state index in [0.717, 1.165) is 29.6 Å². The second kappa shape index (κ2) is 6.11. The predicted molar refractivity (Wildman–Crippen MR) is 75.8 cm³/mol. The largest absolute Gasteiger partial charge is 0.330 e. The van der Waals surface area contributed by atoms with Crippen molar-refractivity contribution >= 4 is 21.7 Å². The minimum Gasteiger partial charge on any atom is -0.330 e. The van der Waals surface area contributed by atoms with Crippen LogP contribution in [0.1, 0.15) is 19.0 Å². The van der Waals surface area contributed by atoms with Gasteiger partial charge in [-0.05, 0) is 26.0 Å². The van der Waals surface area contributed by atoms with Gasteiger partial charge in [-0.1, -0.05) is 18.2 Å². The summed E-state index contributed by atoms with van der Waals surface area (Å²) in [5, 5.41) is 5.66. The number of rotatable bonds is 6. The van der Waals surface area contributed by atoms with Crippen molar-refractivity contribution in [2.24, 2.45) is 5.73 Å². The van der Waals surface area contributed by atoms with Gasteiger partial charge in [-0.15, -0.1) is 0 Å². The highest BCUT2D eigenvalue weighted by Crippen LogP contribution is 2.19. The molecule has 0 saturated heterocycles. The molecule has 2 aromatic rings. The standard InChI is InChI=1S/C13H19N3OS/c1-2-16-13-7-4-3-6-11(13)12(15-16)10-18(17)9-5-8-14/h3-4,6-7H,2,5,8-10,14H2,1H3. The van der Waals surface area contributed by atoms with E-state index < -0.39 is 10.8 Å². The van der Waals surface area contributed by atoms with Crippen LogP contribution in [0.25, 0.3) is 10.9 Å². The van der Waals surface area contributed by atoms with Gasteiger partial charge in [0.25, 0.3) is 0 Å². The highest BCUT2D eigenvalue weighted by molar-refractivity contribution is 7.84. The predicted octanol–water partition coefficient (Wildman–Crippen LogP) is 1.65. The van der Waals surface area contributed by atoms with Gasteiger partial charge in [0.2, 0.25) is 0 Å². The highest BCUT2D eigenvalue weighted by Gasteiger charge is 2.11. The van der Waals surface area contributed by atoms with Crippen LogP contribution in [0, 0.1) is 0 Å². The fourth-order valence-electron chi connectivity index (χ4n) is 2.01. The summed E-state index contributed by atoms with van der Waals surface area (Å²) in [4.78, 5) is 0. The lowest BCUT2D eigenvalue weighted by molar-refractivity contribution is 0.666. The summed E-state index contributed by atoms with van der Waals surface area (Å²) < 4.78 is 13.9. The van der Waals surface area contributed by atoms with Crippen LogP contribution in [0.5, 0.6) is 0 Å². The lowest BCUT2D eigenvalue weighted by atomic mass is 10.2. The second-order valence-corrected chi connectivity index (χ2v) is 5.79. The Morgan fingerprint density at radius 1 is 1.39 bits per heavy atom. The summed E-state index contributed by atoms with van der Waals surface area (Å²) in [5.41, 5.74) is 7.48. The van der Waals surface area contributed by atoms with Crippen LogP contribution in [0.3, 0.4) is 0 Å². The van der Waals surface area contributed by atoms with E-state index in [1.165, 1.54) is 0 Å². The topological polar surface area (TPSA) is 60.9 Å². The van der Waals surface area contributed by atoms with Crippen LogP contribution in [0.2, 0.25) is 0 Å². The molecule has 4 nitrogen and oxygen atoms in total. The van der Waals surface area contributed by atoms with Gasteiger partial charge in [-0.3, -0.25) is 8.89 Å². The lowest BCUT2D eigenvalue weighted by Gasteiger charge is -1.98. The van der Waals surface area contributed by atoms with Crippen LogP contribution in [0.4, 0.5) is 0 Å². The molecule has 2 N–H and O–H groups in total. The van der Waals surface area contributed by atoms with Crippen molar-refractivity contribution in [3.63, 3.8) is 0 Å². The molecule has 0 amide bonds. The Bertz CT molecular complexity index is 550. The molecule has 0 aliphatic carbocycles. The molecule has 1 unspecified atom stereocenters. The SMILES string of the molecule is CCn1nc(CS(=O)CCCN)c2ccccc21. The quantitative estimate of drug-likeness (QED) is 0.864. The molecule has 1 aromatic heterocycles. The Kier molecular flexibility index (Phi) is 4.49. The van der Waals surface area contributed by atoms with E-state index in [1.54, 1.807) is 0 Å². The number of benzene rings is 1. The Balaban J connectivity index is 2.25. The molecule has 0 bridgehead atoms. The van der Waals surface area contributed by atoms with Gasteiger partial charge >= 0.3 is 0 Å². The summed E-state index contributed by atoms with van der Waals surface area (Å²) >= 11 is 0. The number of aryl methyl sites for hydroxylation is 1. The third-order valence-electron chi connectivity index (χ3n) is 2.91. The normalized spacial score (nSPS) is 13.0. The molecule has 98 valence electrons. The van der Waals surface area contributed by atoms with Crippen molar-refractivity contribution in [2.45, 2.75) is 25.6 Å². The summed E-state index contributed by atoms with van der Waals surface area (Å²) in [6.45, 7) is 3.49. The van der Waals surface area contributed by atoms with Crippen LogP contribution in [0.15, 0.2) is 24.3 Å². The summed E-state index contributed by atoms with van der Waals surface area (Å²) in [5.74, 6) is 1.18. The monoisotopic (exact) mass is 265 g/mol. The fourth-order valence-corrected chi connectivity index (χ4v) is 3.16. The average molecular weight is 265 g/mol. The van der Waals surface area contributed by atoms with E-state index >= 15 is 0 Å². The number of hydrogen-bond acceptors (Lipinski definition) is 3. The van der Waals surface area contributed by atoms with Gasteiger partial charge in [0, 0.05) is 28.5 Å². The molecule has 1 aromatic carbocycles. The van der Waals surface area contributed by atoms with Gasteiger partial charge in [0.15, 0.2) is 0 Å². The zero-order valence-electron chi connectivity index (χ0n) is 10.6. The van der Waals surface area contributed by atoms with Crippen LogP contribution >= 0.6 is 0 Å². The maximum absolute atomic E-state index is 11.9. The third-order valence-corrected chi connectivity index (χ3v) is 4.25. The van der Waals surface area contributed by atoms with Crippen molar-refractivity contribution in [1.29, 1.82) is 0 Å². The number of nitrogens with two attached hydrogens (primary N) is 1. The molecule has 1 heterocycles.